The number of hydrogen-bond donors (Lipinski definition) is 1. The lowest BCUT2D eigenvalue weighted by molar-refractivity contribution is 0.233. The summed E-state index contributed by atoms with van der Waals surface area (Å²) < 4.78 is 13.2. The van der Waals surface area contributed by atoms with Crippen molar-refractivity contribution in [3.05, 3.63) is 35.1 Å². The molecule has 0 amide bonds. The van der Waals surface area contributed by atoms with E-state index in [1.165, 1.54) is 30.4 Å². The van der Waals surface area contributed by atoms with Gasteiger partial charge in [-0.25, -0.2) is 4.39 Å². The molecule has 0 aliphatic heterocycles. The van der Waals surface area contributed by atoms with E-state index in [1.807, 2.05) is 6.07 Å². The smallest absolute Gasteiger partial charge is 0.123 e. The van der Waals surface area contributed by atoms with Gasteiger partial charge < -0.3 is 5.73 Å². The maximum absolute atomic E-state index is 13.2. The van der Waals surface area contributed by atoms with Crippen LogP contribution in [-0.2, 0) is 5.41 Å². The lowest BCUT2D eigenvalue weighted by atomic mass is 9.65. The zero-order valence-electron chi connectivity index (χ0n) is 8.80. The van der Waals surface area contributed by atoms with Crippen molar-refractivity contribution in [2.24, 2.45) is 5.73 Å². The molecule has 2 heteroatoms. The van der Waals surface area contributed by atoms with Crippen molar-refractivity contribution in [1.29, 1.82) is 0 Å². The maximum atomic E-state index is 13.2. The van der Waals surface area contributed by atoms with Crippen molar-refractivity contribution >= 4 is 0 Å². The molecule has 1 spiro atoms. The molecule has 2 N–H and O–H groups in total. The van der Waals surface area contributed by atoms with Crippen LogP contribution in [0.25, 0.3) is 0 Å². The quantitative estimate of drug-likeness (QED) is 0.749. The fourth-order valence-corrected chi connectivity index (χ4v) is 3.33. The van der Waals surface area contributed by atoms with Gasteiger partial charge in [0.1, 0.15) is 5.82 Å². The number of fused-ring (bicyclic) bond motifs is 2. The minimum absolute atomic E-state index is 0.122. The van der Waals surface area contributed by atoms with Gasteiger partial charge in [0.25, 0.3) is 0 Å². The van der Waals surface area contributed by atoms with E-state index in [2.05, 4.69) is 0 Å². The minimum Gasteiger partial charge on any atom is -0.330 e. The van der Waals surface area contributed by atoms with E-state index in [4.69, 9.17) is 5.73 Å². The minimum atomic E-state index is -0.122. The Labute approximate surface area is 89.5 Å². The van der Waals surface area contributed by atoms with Gasteiger partial charge in [-0.3, -0.25) is 0 Å². The lowest BCUT2D eigenvalue weighted by Crippen LogP contribution is -2.32. The second kappa shape index (κ2) is 3.05. The highest BCUT2D eigenvalue weighted by Gasteiger charge is 2.46. The Hall–Kier alpha value is -0.890. The Bertz CT molecular complexity index is 396. The van der Waals surface area contributed by atoms with Crippen LogP contribution in [-0.4, -0.2) is 6.54 Å². The van der Waals surface area contributed by atoms with Gasteiger partial charge in [0.05, 0.1) is 0 Å². The normalized spacial score (nSPS) is 26.4. The average molecular weight is 205 g/mol. The Morgan fingerprint density at radius 2 is 2.20 bits per heavy atom. The van der Waals surface area contributed by atoms with Crippen molar-refractivity contribution in [3.63, 3.8) is 0 Å². The third kappa shape index (κ3) is 1.18. The van der Waals surface area contributed by atoms with E-state index < -0.39 is 0 Å². The molecule has 1 unspecified atom stereocenters. The van der Waals surface area contributed by atoms with Crippen LogP contribution in [0.3, 0.4) is 0 Å². The molecular formula is C13H16FN. The Kier molecular flexibility index (Phi) is 1.90. The fraction of sp³-hybridized carbons (Fsp3) is 0.538. The molecule has 0 aromatic heterocycles. The van der Waals surface area contributed by atoms with E-state index in [9.17, 15) is 4.39 Å². The van der Waals surface area contributed by atoms with Crippen molar-refractivity contribution in [2.75, 3.05) is 6.54 Å². The van der Waals surface area contributed by atoms with Gasteiger partial charge in [-0.2, -0.15) is 0 Å². The molecular weight excluding hydrogens is 189 g/mol. The second-order valence-corrected chi connectivity index (χ2v) is 5.00. The molecule has 0 heterocycles. The first-order chi connectivity index (χ1) is 7.25. The highest BCUT2D eigenvalue weighted by molar-refractivity contribution is 5.44. The molecule has 1 fully saturated rings. The molecule has 1 saturated carbocycles. The summed E-state index contributed by atoms with van der Waals surface area (Å²) in [5.74, 6) is 0.263. The highest BCUT2D eigenvalue weighted by atomic mass is 19.1. The van der Waals surface area contributed by atoms with Crippen LogP contribution in [0.4, 0.5) is 4.39 Å². The summed E-state index contributed by atoms with van der Waals surface area (Å²) in [4.78, 5) is 0. The van der Waals surface area contributed by atoms with Crippen molar-refractivity contribution in [1.82, 2.24) is 0 Å². The van der Waals surface area contributed by atoms with Gasteiger partial charge >= 0.3 is 0 Å². The van der Waals surface area contributed by atoms with Crippen LogP contribution < -0.4 is 5.73 Å². The van der Waals surface area contributed by atoms with Crippen molar-refractivity contribution in [2.45, 2.75) is 37.0 Å². The molecule has 1 atom stereocenters. The van der Waals surface area contributed by atoms with Gasteiger partial charge in [-0.1, -0.05) is 12.5 Å². The van der Waals surface area contributed by atoms with Crippen LogP contribution in [0.5, 0.6) is 0 Å². The van der Waals surface area contributed by atoms with E-state index in [1.54, 1.807) is 12.1 Å². The standard InChI is InChI=1S/C13H16FN/c14-10-2-3-12-11(6-10)9(8-15)7-13(12)4-1-5-13/h2-3,6,9H,1,4-5,7-8,15H2. The first-order valence-electron chi connectivity index (χ1n) is 5.75. The van der Waals surface area contributed by atoms with Crippen LogP contribution >= 0.6 is 0 Å². The van der Waals surface area contributed by atoms with Gasteiger partial charge in [-0.05, 0) is 60.4 Å². The van der Waals surface area contributed by atoms with Gasteiger partial charge in [0.15, 0.2) is 0 Å². The SMILES string of the molecule is NCC1CC2(CCC2)c2ccc(F)cc21. The summed E-state index contributed by atoms with van der Waals surface area (Å²) in [7, 11) is 0. The predicted molar refractivity (Wildman–Crippen MR) is 58.3 cm³/mol. The molecule has 1 nitrogen and oxygen atoms in total. The van der Waals surface area contributed by atoms with Crippen molar-refractivity contribution in [3.8, 4) is 0 Å². The van der Waals surface area contributed by atoms with Crippen LogP contribution in [0.15, 0.2) is 18.2 Å². The molecule has 2 aliphatic carbocycles. The molecule has 0 saturated heterocycles. The van der Waals surface area contributed by atoms with Gasteiger partial charge in [0, 0.05) is 0 Å². The Morgan fingerprint density at radius 3 is 2.80 bits per heavy atom. The van der Waals surface area contributed by atoms with E-state index in [-0.39, 0.29) is 5.82 Å². The van der Waals surface area contributed by atoms with E-state index in [0.29, 0.717) is 17.9 Å². The molecule has 1 aromatic carbocycles. The molecule has 0 bridgehead atoms. The van der Waals surface area contributed by atoms with Gasteiger partial charge in [0.2, 0.25) is 0 Å². The summed E-state index contributed by atoms with van der Waals surface area (Å²) >= 11 is 0. The fourth-order valence-electron chi connectivity index (χ4n) is 3.33. The number of rotatable bonds is 1. The first-order valence-corrected chi connectivity index (χ1v) is 5.75. The summed E-state index contributed by atoms with van der Waals surface area (Å²) in [6.45, 7) is 0.651. The summed E-state index contributed by atoms with van der Waals surface area (Å²) in [6.07, 6.45) is 4.99. The molecule has 2 aliphatic rings. The third-order valence-electron chi connectivity index (χ3n) is 4.26. The second-order valence-electron chi connectivity index (χ2n) is 5.00. The zero-order chi connectivity index (χ0) is 10.5. The first kappa shape index (κ1) is 9.34. The molecule has 80 valence electrons. The largest absolute Gasteiger partial charge is 0.330 e. The van der Waals surface area contributed by atoms with Crippen LogP contribution in [0, 0.1) is 5.82 Å². The Balaban J connectivity index is 2.10. The maximum Gasteiger partial charge on any atom is 0.123 e. The van der Waals surface area contributed by atoms with Crippen molar-refractivity contribution < 1.29 is 4.39 Å². The summed E-state index contributed by atoms with van der Waals surface area (Å²) in [5, 5.41) is 0. The predicted octanol–water partition coefficient (Wildman–Crippen LogP) is 2.69. The summed E-state index contributed by atoms with van der Waals surface area (Å²) in [6, 6.07) is 5.28. The lowest BCUT2D eigenvalue weighted by Gasteiger charge is -2.39. The van der Waals surface area contributed by atoms with Crippen LogP contribution in [0.2, 0.25) is 0 Å². The number of benzene rings is 1. The number of halogens is 1. The zero-order valence-corrected chi connectivity index (χ0v) is 8.80. The summed E-state index contributed by atoms with van der Waals surface area (Å²) in [5.41, 5.74) is 8.70. The molecule has 0 radical (unpaired) electrons. The van der Waals surface area contributed by atoms with Crippen LogP contribution in [0.1, 0.15) is 42.7 Å². The molecule has 3 rings (SSSR count). The number of hydrogen-bond acceptors (Lipinski definition) is 1. The third-order valence-corrected chi connectivity index (χ3v) is 4.26. The molecule has 15 heavy (non-hydrogen) atoms. The Morgan fingerprint density at radius 1 is 1.40 bits per heavy atom. The monoisotopic (exact) mass is 205 g/mol. The highest BCUT2D eigenvalue weighted by Crippen LogP contribution is 2.56. The van der Waals surface area contributed by atoms with E-state index in [0.717, 1.165) is 6.42 Å². The van der Waals surface area contributed by atoms with E-state index >= 15 is 0 Å². The number of nitrogens with two attached hydrogens (primary N) is 1. The van der Waals surface area contributed by atoms with Gasteiger partial charge in [-0.15, -0.1) is 0 Å². The topological polar surface area (TPSA) is 26.0 Å². The average Bonchev–Trinajstić information content (AvgIpc) is 2.51. The molecule has 1 aromatic rings.